The third-order valence-corrected chi connectivity index (χ3v) is 3.07. The number of rotatable bonds is 0. The highest BCUT2D eigenvalue weighted by Gasteiger charge is 2.13. The highest BCUT2D eigenvalue weighted by Crippen LogP contribution is 2.14. The van der Waals surface area contributed by atoms with Crippen LogP contribution < -0.4 is 0 Å². The molecular weight excluding hydrogens is 240 g/mol. The molecule has 0 bridgehead atoms. The molecule has 0 saturated carbocycles. The zero-order valence-corrected chi connectivity index (χ0v) is 9.91. The number of benzene rings is 2. The number of aromatic nitrogens is 5. The van der Waals surface area contributed by atoms with Gasteiger partial charge in [-0.05, 0) is 24.3 Å². The van der Waals surface area contributed by atoms with Gasteiger partial charge in [0.2, 0.25) is 0 Å². The Labute approximate surface area is 107 Å². The number of hydrogen-bond acceptors (Lipinski definition) is 3. The number of nitrogens with one attached hydrogen (secondary N) is 2. The van der Waals surface area contributed by atoms with Crippen LogP contribution in [-0.2, 0) is 0 Å². The third kappa shape index (κ3) is 1.40. The van der Waals surface area contributed by atoms with E-state index in [2.05, 4.69) is 15.3 Å². The fourth-order valence-corrected chi connectivity index (χ4v) is 2.10. The fraction of sp³-hybridized carbons (Fsp3) is 0. The molecule has 4 rings (SSSR count). The van der Waals surface area contributed by atoms with E-state index >= 15 is 0 Å². The van der Waals surface area contributed by atoms with E-state index in [9.17, 15) is 0 Å². The predicted octanol–water partition coefficient (Wildman–Crippen LogP) is 2.05. The van der Waals surface area contributed by atoms with Crippen LogP contribution in [0.25, 0.3) is 22.1 Å². The molecular formula is C13H10N6. The third-order valence-electron chi connectivity index (χ3n) is 3.07. The molecule has 2 aromatic heterocycles. The lowest BCUT2D eigenvalue weighted by Gasteiger charge is -2.15. The zero-order chi connectivity index (χ0) is 12.8. The Bertz CT molecular complexity index is 861. The van der Waals surface area contributed by atoms with Crippen LogP contribution in [0.5, 0.6) is 0 Å². The van der Waals surface area contributed by atoms with Crippen molar-refractivity contribution in [3.63, 3.8) is 0 Å². The Hall–Kier alpha value is -2.89. The molecule has 2 N–H and O–H groups in total. The average molecular weight is 250 g/mol. The number of fused-ring (bicyclic) bond motifs is 2. The lowest BCUT2D eigenvalue weighted by atomic mass is 10.3. The van der Waals surface area contributed by atoms with E-state index in [0.717, 1.165) is 22.1 Å². The number of aromatic amines is 1. The van der Waals surface area contributed by atoms with Gasteiger partial charge in [-0.1, -0.05) is 24.3 Å². The molecule has 0 fully saturated rings. The summed E-state index contributed by atoms with van der Waals surface area (Å²) in [6.07, 6.45) is 0. The summed E-state index contributed by atoms with van der Waals surface area (Å²) in [6, 6.07) is 15.4. The van der Waals surface area contributed by atoms with E-state index in [1.807, 2.05) is 48.5 Å². The van der Waals surface area contributed by atoms with Crippen molar-refractivity contribution in [3.05, 3.63) is 48.5 Å². The van der Waals surface area contributed by atoms with E-state index in [4.69, 9.17) is 5.41 Å². The Balaban J connectivity index is 1.82. The molecule has 0 aliphatic carbocycles. The molecule has 4 aromatic rings. The van der Waals surface area contributed by atoms with Crippen LogP contribution in [0.3, 0.4) is 0 Å². The minimum absolute atomic E-state index is 0.176. The minimum Gasteiger partial charge on any atom is -0.289 e. The summed E-state index contributed by atoms with van der Waals surface area (Å²) in [5.74, 6) is 0.176. The largest absolute Gasteiger partial charge is 0.289 e. The van der Waals surface area contributed by atoms with Crippen molar-refractivity contribution in [1.82, 2.24) is 24.8 Å². The quantitative estimate of drug-likeness (QED) is 0.370. The second-order valence-electron chi connectivity index (χ2n) is 4.27. The molecule has 0 unspecified atom stereocenters. The van der Waals surface area contributed by atoms with Crippen molar-refractivity contribution in [3.8, 4) is 0 Å². The maximum Gasteiger partial charge on any atom is 0.261 e. The first-order valence-corrected chi connectivity index (χ1v) is 5.90. The number of nitrogens with zero attached hydrogens (tertiary/aromatic N) is 4. The van der Waals surface area contributed by atoms with E-state index < -0.39 is 0 Å². The molecule has 0 aliphatic heterocycles. The van der Waals surface area contributed by atoms with Gasteiger partial charge in [-0.15, -0.1) is 15.0 Å². The van der Waals surface area contributed by atoms with Crippen LogP contribution in [0.2, 0.25) is 0 Å². The zero-order valence-electron chi connectivity index (χ0n) is 9.91. The van der Waals surface area contributed by atoms with E-state index in [-0.39, 0.29) is 5.96 Å². The van der Waals surface area contributed by atoms with Gasteiger partial charge in [-0.3, -0.25) is 10.5 Å². The van der Waals surface area contributed by atoms with Crippen molar-refractivity contribution in [2.75, 3.05) is 0 Å². The monoisotopic (exact) mass is 250 g/mol. The second kappa shape index (κ2) is 3.55. The summed E-state index contributed by atoms with van der Waals surface area (Å²) in [4.78, 5) is 1.33. The second-order valence-corrected chi connectivity index (χ2v) is 4.27. The molecule has 0 amide bonds. The molecule has 0 spiro atoms. The molecule has 92 valence electrons. The molecule has 19 heavy (non-hydrogen) atoms. The van der Waals surface area contributed by atoms with Gasteiger partial charge in [0.25, 0.3) is 5.96 Å². The van der Waals surface area contributed by atoms with Crippen LogP contribution in [0.4, 0.5) is 0 Å². The minimum atomic E-state index is 0.176. The average Bonchev–Trinajstić information content (AvgIpc) is 2.84. The van der Waals surface area contributed by atoms with Crippen molar-refractivity contribution >= 4 is 28.0 Å². The van der Waals surface area contributed by atoms with Crippen molar-refractivity contribution < 1.29 is 0 Å². The van der Waals surface area contributed by atoms with Gasteiger partial charge in [0.05, 0.1) is 11.0 Å². The van der Waals surface area contributed by atoms with Gasteiger partial charge in [-0.25, -0.2) is 4.68 Å². The standard InChI is InChI=1S/C13H10N6/c14-13(18-12-8-4-3-7-11(12)15-18)19-16-9-5-1-2-6-10(9)17-19/h1-8,14-15H. The SMILES string of the molecule is N=C(n1nc2ccccc2n1)n1[nH]c2ccccc21. The summed E-state index contributed by atoms with van der Waals surface area (Å²) < 4.78 is 1.65. The molecule has 0 radical (unpaired) electrons. The normalized spacial score (nSPS) is 11.4. The van der Waals surface area contributed by atoms with Crippen LogP contribution in [-0.4, -0.2) is 30.7 Å². The summed E-state index contributed by atoms with van der Waals surface area (Å²) in [5.41, 5.74) is 3.51. The molecule has 0 saturated heterocycles. The molecule has 2 aromatic carbocycles. The topological polar surface area (TPSA) is 75.3 Å². The van der Waals surface area contributed by atoms with Gasteiger partial charge in [0.1, 0.15) is 11.0 Å². The Morgan fingerprint density at radius 3 is 2.26 bits per heavy atom. The lowest BCUT2D eigenvalue weighted by molar-refractivity contribution is 0.736. The highest BCUT2D eigenvalue weighted by molar-refractivity contribution is 5.93. The van der Waals surface area contributed by atoms with Crippen LogP contribution in [0.1, 0.15) is 0 Å². The summed E-state index contributed by atoms with van der Waals surface area (Å²) in [5, 5.41) is 19.8. The Morgan fingerprint density at radius 2 is 1.58 bits per heavy atom. The van der Waals surface area contributed by atoms with E-state index in [0.29, 0.717) is 0 Å². The fourth-order valence-electron chi connectivity index (χ4n) is 2.10. The maximum absolute atomic E-state index is 8.15. The first-order chi connectivity index (χ1) is 9.33. The molecule has 6 nitrogen and oxygen atoms in total. The highest BCUT2D eigenvalue weighted by atomic mass is 15.6. The van der Waals surface area contributed by atoms with Crippen LogP contribution in [0.15, 0.2) is 48.5 Å². The lowest BCUT2D eigenvalue weighted by Crippen LogP contribution is -2.28. The summed E-state index contributed by atoms with van der Waals surface area (Å²) in [7, 11) is 0. The number of hydrogen-bond donors (Lipinski definition) is 2. The Kier molecular flexibility index (Phi) is 1.88. The van der Waals surface area contributed by atoms with Crippen LogP contribution >= 0.6 is 0 Å². The molecule has 2 heterocycles. The Morgan fingerprint density at radius 1 is 0.947 bits per heavy atom. The van der Waals surface area contributed by atoms with Gasteiger partial charge < -0.3 is 0 Å². The van der Waals surface area contributed by atoms with Gasteiger partial charge >= 0.3 is 0 Å². The van der Waals surface area contributed by atoms with Crippen LogP contribution in [0, 0.1) is 5.41 Å². The first kappa shape index (κ1) is 10.1. The summed E-state index contributed by atoms with van der Waals surface area (Å²) in [6.45, 7) is 0. The molecule has 0 aliphatic rings. The summed E-state index contributed by atoms with van der Waals surface area (Å²) >= 11 is 0. The number of para-hydroxylation sites is 2. The van der Waals surface area contributed by atoms with Gasteiger partial charge in [0.15, 0.2) is 0 Å². The van der Waals surface area contributed by atoms with Crippen molar-refractivity contribution in [2.45, 2.75) is 0 Å². The maximum atomic E-state index is 8.15. The predicted molar refractivity (Wildman–Crippen MR) is 72.3 cm³/mol. The van der Waals surface area contributed by atoms with Crippen molar-refractivity contribution in [2.24, 2.45) is 0 Å². The van der Waals surface area contributed by atoms with Crippen molar-refractivity contribution in [1.29, 1.82) is 5.41 Å². The first-order valence-electron chi connectivity index (χ1n) is 5.90. The molecule has 0 atom stereocenters. The molecule has 6 heteroatoms. The van der Waals surface area contributed by atoms with Gasteiger partial charge in [-0.2, -0.15) is 0 Å². The van der Waals surface area contributed by atoms with Gasteiger partial charge in [0, 0.05) is 0 Å². The van der Waals surface area contributed by atoms with E-state index in [1.54, 1.807) is 4.68 Å². The van der Waals surface area contributed by atoms with E-state index in [1.165, 1.54) is 4.80 Å². The smallest absolute Gasteiger partial charge is 0.261 e. The number of H-pyrrole nitrogens is 1.